The van der Waals surface area contributed by atoms with Crippen molar-refractivity contribution < 1.29 is 46.6 Å². The minimum absolute atomic E-state index is 0.0362. The van der Waals surface area contributed by atoms with Gasteiger partial charge in [0.1, 0.15) is 25.5 Å². The molecule has 3 rings (SSSR count). The van der Waals surface area contributed by atoms with Gasteiger partial charge in [-0.3, -0.25) is 24.0 Å². The van der Waals surface area contributed by atoms with Crippen LogP contribution in [0.4, 0.5) is 5.69 Å². The Morgan fingerprint density at radius 1 is 0.918 bits per heavy atom. The minimum Gasteiger partial charge on any atom is -0.460 e. The van der Waals surface area contributed by atoms with Gasteiger partial charge in [-0.2, -0.15) is 0 Å². The molecular weight excluding hydrogens is 809 g/mol. The molecule has 0 bridgehead atoms. The molecule has 61 heavy (non-hydrogen) atoms. The number of rotatable bonds is 27. The van der Waals surface area contributed by atoms with Crippen molar-refractivity contribution in [3.8, 4) is 11.8 Å². The summed E-state index contributed by atoms with van der Waals surface area (Å²) in [6.45, 7) is 6.74. The molecule has 2 aromatic heterocycles. The van der Waals surface area contributed by atoms with E-state index in [0.717, 1.165) is 11.8 Å². The molecule has 332 valence electrons. The number of nitrogens with zero attached hydrogens (tertiary/aromatic N) is 5. The first kappa shape index (κ1) is 49.9. The number of ether oxygens (including phenoxy) is 3. The fourth-order valence-electron chi connectivity index (χ4n) is 5.35. The van der Waals surface area contributed by atoms with Crippen LogP contribution in [0.25, 0.3) is 0 Å². The van der Waals surface area contributed by atoms with E-state index >= 15 is 0 Å². The number of esters is 1. The number of hydrogen-bond donors (Lipinski definition) is 3. The van der Waals surface area contributed by atoms with Crippen LogP contribution >= 0.6 is 0 Å². The van der Waals surface area contributed by atoms with Crippen LogP contribution in [0.1, 0.15) is 95.4 Å². The lowest BCUT2D eigenvalue weighted by atomic mass is 9.95. The number of nitrogens with one attached hydrogen (secondary N) is 2. The summed E-state index contributed by atoms with van der Waals surface area (Å²) < 4.78 is 40.8. The van der Waals surface area contributed by atoms with Crippen LogP contribution in [0.2, 0.25) is 0 Å². The summed E-state index contributed by atoms with van der Waals surface area (Å²) in [5, 5.41) is 13.5. The standard InChI is InChI=1S/C42H58N8O10S/c1-42(2,3)40(55)60-28-31-15-17-34(18-16-31)47-39(54)33(12-8-9-19-43)23-37(52)30-59-29-36(51)13-10-21-58-22-20-50-27-35(48-49-50)26-44-38(53)14-7-5-6-11-32-24-45-41(46-25-32)61(4,56)57/h15-18,24-25,27,33H,5,7-10,12-14,19-23,26,28-30,43H2,1-4H3,(H,44,53)(H,47,54)/t33-/m1/s1. The number of sulfone groups is 1. The van der Waals surface area contributed by atoms with E-state index in [-0.39, 0.29) is 80.1 Å². The van der Waals surface area contributed by atoms with Crippen LogP contribution < -0.4 is 16.4 Å². The molecule has 0 fully saturated rings. The molecule has 4 N–H and O–H groups in total. The van der Waals surface area contributed by atoms with E-state index in [1.54, 1.807) is 55.9 Å². The third-order valence-electron chi connectivity index (χ3n) is 8.74. The Balaban J connectivity index is 1.25. The second-order valence-corrected chi connectivity index (χ2v) is 17.3. The van der Waals surface area contributed by atoms with Gasteiger partial charge in [-0.25, -0.2) is 23.1 Å². The number of Topliss-reactive ketones (excluding diaryl/α,β-unsaturated/α-hetero) is 2. The molecule has 3 aromatic rings. The molecule has 2 heterocycles. The number of benzene rings is 1. The number of amides is 2. The van der Waals surface area contributed by atoms with Gasteiger partial charge in [0.15, 0.2) is 11.6 Å². The van der Waals surface area contributed by atoms with Crippen molar-refractivity contribution in [1.29, 1.82) is 0 Å². The van der Waals surface area contributed by atoms with Gasteiger partial charge < -0.3 is 30.6 Å². The zero-order valence-corrected chi connectivity index (χ0v) is 36.3. The van der Waals surface area contributed by atoms with E-state index in [1.807, 2.05) is 0 Å². The predicted octanol–water partition coefficient (Wildman–Crippen LogP) is 3.12. The Morgan fingerprint density at radius 3 is 2.33 bits per heavy atom. The number of anilines is 1. The van der Waals surface area contributed by atoms with Crippen molar-refractivity contribution in [1.82, 2.24) is 30.3 Å². The maximum atomic E-state index is 13.1. The van der Waals surface area contributed by atoms with Crippen molar-refractivity contribution in [2.75, 3.05) is 44.5 Å². The summed E-state index contributed by atoms with van der Waals surface area (Å²) in [6, 6.07) is 6.95. The van der Waals surface area contributed by atoms with E-state index < -0.39 is 21.2 Å². The normalized spacial score (nSPS) is 11.9. The Hall–Kier alpha value is -5.42. The molecule has 0 radical (unpaired) electrons. The maximum absolute atomic E-state index is 13.1. The molecule has 2 amide bonds. The van der Waals surface area contributed by atoms with Gasteiger partial charge in [0.2, 0.25) is 26.8 Å². The number of aromatic nitrogens is 5. The Bertz CT molecular complexity index is 2060. The molecule has 0 saturated carbocycles. The molecule has 0 aliphatic rings. The quantitative estimate of drug-likeness (QED) is 0.0431. The van der Waals surface area contributed by atoms with E-state index in [9.17, 15) is 32.4 Å². The Kier molecular flexibility index (Phi) is 21.3. The van der Waals surface area contributed by atoms with Crippen LogP contribution in [0.3, 0.4) is 0 Å². The molecule has 19 heteroatoms. The van der Waals surface area contributed by atoms with Crippen LogP contribution in [0, 0.1) is 23.2 Å². The highest BCUT2D eigenvalue weighted by molar-refractivity contribution is 7.90. The fraction of sp³-hybridized carbons (Fsp3) is 0.548. The van der Waals surface area contributed by atoms with E-state index in [1.165, 1.54) is 12.4 Å². The molecule has 0 spiro atoms. The van der Waals surface area contributed by atoms with Crippen molar-refractivity contribution in [3.05, 3.63) is 59.7 Å². The average molecular weight is 867 g/mol. The number of carbonyl (C=O) groups excluding carboxylic acids is 5. The summed E-state index contributed by atoms with van der Waals surface area (Å²) in [4.78, 5) is 70.1. The summed E-state index contributed by atoms with van der Waals surface area (Å²) in [6.07, 6.45) is 9.18. The van der Waals surface area contributed by atoms with Crippen molar-refractivity contribution in [2.45, 2.75) is 103 Å². The fourth-order valence-corrected chi connectivity index (χ4v) is 5.84. The molecule has 0 aliphatic carbocycles. The van der Waals surface area contributed by atoms with E-state index in [0.29, 0.717) is 81.8 Å². The lowest BCUT2D eigenvalue weighted by molar-refractivity contribution is -0.154. The van der Waals surface area contributed by atoms with Crippen LogP contribution in [-0.2, 0) is 67.7 Å². The van der Waals surface area contributed by atoms with E-state index in [2.05, 4.69) is 42.8 Å². The van der Waals surface area contributed by atoms with Gasteiger partial charge in [-0.1, -0.05) is 35.6 Å². The number of nitrogens with two attached hydrogens (primary N) is 1. The number of carbonyl (C=O) groups is 5. The largest absolute Gasteiger partial charge is 0.460 e. The summed E-state index contributed by atoms with van der Waals surface area (Å²) in [5.41, 5.74) is 7.42. The van der Waals surface area contributed by atoms with Crippen LogP contribution in [-0.4, -0.2) is 102 Å². The van der Waals surface area contributed by atoms with Gasteiger partial charge in [0, 0.05) is 62.5 Å². The molecule has 1 aromatic carbocycles. The van der Waals surface area contributed by atoms with E-state index in [4.69, 9.17) is 19.9 Å². The van der Waals surface area contributed by atoms with Crippen molar-refractivity contribution in [3.63, 3.8) is 0 Å². The highest BCUT2D eigenvalue weighted by Crippen LogP contribution is 2.20. The minimum atomic E-state index is -3.47. The van der Waals surface area contributed by atoms with Gasteiger partial charge >= 0.3 is 5.97 Å². The third-order valence-corrected chi connectivity index (χ3v) is 9.62. The molecule has 0 aliphatic heterocycles. The first-order valence-electron chi connectivity index (χ1n) is 20.2. The number of ketones is 2. The molecule has 0 unspecified atom stereocenters. The smallest absolute Gasteiger partial charge is 0.311 e. The first-order chi connectivity index (χ1) is 29.0. The molecule has 0 saturated heterocycles. The maximum Gasteiger partial charge on any atom is 0.311 e. The second kappa shape index (κ2) is 26.0. The van der Waals surface area contributed by atoms with Crippen LogP contribution in [0.5, 0.6) is 0 Å². The summed E-state index contributed by atoms with van der Waals surface area (Å²) in [7, 11) is -3.47. The Morgan fingerprint density at radius 2 is 1.64 bits per heavy atom. The third kappa shape index (κ3) is 20.6. The predicted molar refractivity (Wildman–Crippen MR) is 224 cm³/mol. The molecule has 1 atom stereocenters. The zero-order valence-electron chi connectivity index (χ0n) is 35.4. The number of hydrogen-bond acceptors (Lipinski definition) is 15. The first-order valence-corrected chi connectivity index (χ1v) is 22.0. The monoisotopic (exact) mass is 866 g/mol. The van der Waals surface area contributed by atoms with Gasteiger partial charge in [0.05, 0.1) is 36.9 Å². The lowest BCUT2D eigenvalue weighted by Crippen LogP contribution is -2.27. The second-order valence-electron chi connectivity index (χ2n) is 15.4. The van der Waals surface area contributed by atoms with Crippen LogP contribution in [0.15, 0.2) is 48.0 Å². The highest BCUT2D eigenvalue weighted by Gasteiger charge is 2.24. The highest BCUT2D eigenvalue weighted by atomic mass is 32.2. The zero-order chi connectivity index (χ0) is 44.7. The lowest BCUT2D eigenvalue weighted by Gasteiger charge is -2.17. The van der Waals surface area contributed by atoms with Crippen molar-refractivity contribution in [2.24, 2.45) is 17.1 Å². The number of unbranched alkanes of at least 4 members (excludes halogenated alkanes) is 2. The Labute approximate surface area is 357 Å². The molecule has 18 nitrogen and oxygen atoms in total. The van der Waals surface area contributed by atoms with Gasteiger partial charge in [-0.05, 0) is 70.7 Å². The average Bonchev–Trinajstić information content (AvgIpc) is 3.67. The molecular formula is C42H58N8O10S. The topological polar surface area (TPSA) is 254 Å². The van der Waals surface area contributed by atoms with Gasteiger partial charge in [-0.15, -0.1) is 5.10 Å². The summed E-state index contributed by atoms with van der Waals surface area (Å²) in [5.74, 6) is 3.94. The SMILES string of the molecule is CC(C)(C)C(=O)OCc1ccc(NC(=O)[C@H](CCCCN)CC(=O)COCC(=O)CCCOCCn2cc(CNC(=O)CCCC#Cc3cnc(S(C)(=O)=O)nc3)nn2)cc1. The van der Waals surface area contributed by atoms with Gasteiger partial charge in [0.25, 0.3) is 0 Å². The summed E-state index contributed by atoms with van der Waals surface area (Å²) >= 11 is 0. The van der Waals surface area contributed by atoms with Crippen molar-refractivity contribution >= 4 is 44.9 Å².